The number of fused-ring (bicyclic) bond motifs is 1. The maximum atomic E-state index is 12.3. The number of anilines is 1. The molecule has 2 aromatic carbocycles. The first kappa shape index (κ1) is 15.3. The third kappa shape index (κ3) is 3.27. The normalized spacial score (nSPS) is 10.7. The Balaban J connectivity index is 1.89. The van der Waals surface area contributed by atoms with Gasteiger partial charge in [-0.2, -0.15) is 0 Å². The van der Waals surface area contributed by atoms with Gasteiger partial charge in [-0.3, -0.25) is 9.59 Å². The summed E-state index contributed by atoms with van der Waals surface area (Å²) >= 11 is 5.83. The van der Waals surface area contributed by atoms with Crippen molar-refractivity contribution in [3.05, 3.63) is 75.7 Å². The second-order valence-electron chi connectivity index (χ2n) is 5.35. The number of aryl methyl sites for hydroxylation is 1. The third-order valence-corrected chi connectivity index (χ3v) is 3.90. The molecule has 1 aromatic heterocycles. The van der Waals surface area contributed by atoms with Crippen LogP contribution >= 0.6 is 11.6 Å². The predicted molar refractivity (Wildman–Crippen MR) is 93.0 cm³/mol. The van der Waals surface area contributed by atoms with Crippen molar-refractivity contribution in [2.24, 2.45) is 7.05 Å². The van der Waals surface area contributed by atoms with Crippen molar-refractivity contribution in [1.29, 1.82) is 0 Å². The van der Waals surface area contributed by atoms with Crippen LogP contribution in [0.3, 0.4) is 0 Å². The Bertz CT molecular complexity index is 930. The number of nitrogens with one attached hydrogen (secondary N) is 1. The lowest BCUT2D eigenvalue weighted by Gasteiger charge is -2.10. The molecular formula is C18H15ClN2O2. The molecule has 0 atom stereocenters. The van der Waals surface area contributed by atoms with Crippen LogP contribution in [0.4, 0.5) is 5.69 Å². The Labute approximate surface area is 138 Å². The van der Waals surface area contributed by atoms with Gasteiger partial charge in [-0.25, -0.2) is 0 Å². The van der Waals surface area contributed by atoms with E-state index in [1.54, 1.807) is 43.6 Å². The highest BCUT2D eigenvalue weighted by molar-refractivity contribution is 6.30. The van der Waals surface area contributed by atoms with Crippen LogP contribution in [0.15, 0.2) is 59.5 Å². The first-order valence-corrected chi connectivity index (χ1v) is 7.55. The van der Waals surface area contributed by atoms with E-state index >= 15 is 0 Å². The van der Waals surface area contributed by atoms with E-state index in [0.29, 0.717) is 16.1 Å². The highest BCUT2D eigenvalue weighted by atomic mass is 35.5. The molecule has 3 rings (SSSR count). The minimum atomic E-state index is -0.142. The number of hydrogen-bond acceptors (Lipinski definition) is 2. The molecule has 1 amide bonds. The van der Waals surface area contributed by atoms with Gasteiger partial charge in [0, 0.05) is 29.3 Å². The first-order valence-electron chi connectivity index (χ1n) is 7.17. The van der Waals surface area contributed by atoms with E-state index in [4.69, 9.17) is 11.6 Å². The number of hydrogen-bond donors (Lipinski definition) is 1. The molecule has 0 fully saturated rings. The summed E-state index contributed by atoms with van der Waals surface area (Å²) in [6.45, 7) is 0. The van der Waals surface area contributed by atoms with Crippen molar-refractivity contribution in [3.8, 4) is 0 Å². The van der Waals surface area contributed by atoms with Crippen molar-refractivity contribution in [3.63, 3.8) is 0 Å². The van der Waals surface area contributed by atoms with Crippen LogP contribution in [0, 0.1) is 0 Å². The molecule has 0 spiro atoms. The number of pyridine rings is 1. The maximum Gasteiger partial charge on any atom is 0.258 e. The van der Waals surface area contributed by atoms with Crippen LogP contribution in [0.5, 0.6) is 0 Å². The molecule has 4 nitrogen and oxygen atoms in total. The summed E-state index contributed by atoms with van der Waals surface area (Å²) in [6, 6.07) is 14.3. The fourth-order valence-corrected chi connectivity index (χ4v) is 2.68. The molecule has 1 heterocycles. The molecule has 116 valence electrons. The van der Waals surface area contributed by atoms with Gasteiger partial charge in [-0.15, -0.1) is 0 Å². The summed E-state index contributed by atoms with van der Waals surface area (Å²) in [4.78, 5) is 24.4. The zero-order chi connectivity index (χ0) is 16.4. The molecule has 0 aliphatic heterocycles. The van der Waals surface area contributed by atoms with E-state index in [2.05, 4.69) is 5.32 Å². The smallest absolute Gasteiger partial charge is 0.258 e. The zero-order valence-electron chi connectivity index (χ0n) is 12.5. The quantitative estimate of drug-likeness (QED) is 0.802. The van der Waals surface area contributed by atoms with Crippen LogP contribution in [-0.4, -0.2) is 10.5 Å². The van der Waals surface area contributed by atoms with E-state index in [1.165, 1.54) is 4.57 Å². The lowest BCUT2D eigenvalue weighted by atomic mass is 10.0. The summed E-state index contributed by atoms with van der Waals surface area (Å²) < 4.78 is 1.51. The fourth-order valence-electron chi connectivity index (χ4n) is 2.55. The Kier molecular flexibility index (Phi) is 4.17. The molecular weight excluding hydrogens is 312 g/mol. The highest BCUT2D eigenvalue weighted by Gasteiger charge is 2.10. The van der Waals surface area contributed by atoms with Crippen molar-refractivity contribution in [2.45, 2.75) is 6.42 Å². The summed E-state index contributed by atoms with van der Waals surface area (Å²) in [5, 5.41) is 4.87. The van der Waals surface area contributed by atoms with E-state index in [1.807, 2.05) is 18.2 Å². The lowest BCUT2D eigenvalue weighted by Crippen LogP contribution is -2.20. The van der Waals surface area contributed by atoms with E-state index in [9.17, 15) is 9.59 Å². The largest absolute Gasteiger partial charge is 0.326 e. The summed E-state index contributed by atoms with van der Waals surface area (Å²) in [7, 11) is 1.69. The number of benzene rings is 2. The summed E-state index contributed by atoms with van der Waals surface area (Å²) in [5.41, 5.74) is 1.44. The second kappa shape index (κ2) is 6.26. The minimum absolute atomic E-state index is 0.0672. The van der Waals surface area contributed by atoms with Gasteiger partial charge in [0.2, 0.25) is 5.91 Å². The van der Waals surface area contributed by atoms with Crippen molar-refractivity contribution in [1.82, 2.24) is 4.57 Å². The molecule has 0 saturated carbocycles. The Hall–Kier alpha value is -2.59. The fraction of sp³-hybridized carbons (Fsp3) is 0.111. The van der Waals surface area contributed by atoms with Gasteiger partial charge in [0.05, 0.1) is 6.42 Å². The molecule has 23 heavy (non-hydrogen) atoms. The molecule has 0 aliphatic carbocycles. The summed E-state index contributed by atoms with van der Waals surface area (Å²) in [6.07, 6.45) is 1.91. The van der Waals surface area contributed by atoms with Gasteiger partial charge in [-0.1, -0.05) is 29.8 Å². The van der Waals surface area contributed by atoms with Gasteiger partial charge in [-0.05, 0) is 41.3 Å². The number of amides is 1. The second-order valence-corrected chi connectivity index (χ2v) is 5.78. The van der Waals surface area contributed by atoms with Crippen LogP contribution in [-0.2, 0) is 18.3 Å². The van der Waals surface area contributed by atoms with E-state index in [-0.39, 0.29) is 17.9 Å². The standard InChI is InChI=1S/C18H15ClN2O2/c1-21-11-12(15-4-2-3-5-16(15)18(21)23)10-17(22)20-14-8-6-13(19)7-9-14/h2-9,11H,10H2,1H3,(H,20,22). The predicted octanol–water partition coefficient (Wildman–Crippen LogP) is 3.37. The van der Waals surface area contributed by atoms with Crippen LogP contribution in [0.1, 0.15) is 5.56 Å². The molecule has 1 N–H and O–H groups in total. The maximum absolute atomic E-state index is 12.3. The topological polar surface area (TPSA) is 51.1 Å². The first-order chi connectivity index (χ1) is 11.0. The highest BCUT2D eigenvalue weighted by Crippen LogP contribution is 2.17. The number of halogens is 1. The Morgan fingerprint density at radius 2 is 1.74 bits per heavy atom. The average Bonchev–Trinajstić information content (AvgIpc) is 2.54. The third-order valence-electron chi connectivity index (χ3n) is 3.65. The van der Waals surface area contributed by atoms with Crippen molar-refractivity contribution in [2.75, 3.05) is 5.32 Å². The number of carbonyl (C=O) groups excluding carboxylic acids is 1. The molecule has 0 saturated heterocycles. The van der Waals surface area contributed by atoms with Gasteiger partial charge in [0.1, 0.15) is 0 Å². The Morgan fingerprint density at radius 1 is 1.09 bits per heavy atom. The monoisotopic (exact) mass is 326 g/mol. The van der Waals surface area contributed by atoms with Gasteiger partial charge in [0.25, 0.3) is 5.56 Å². The van der Waals surface area contributed by atoms with E-state index < -0.39 is 0 Å². The van der Waals surface area contributed by atoms with Crippen LogP contribution < -0.4 is 10.9 Å². The van der Waals surface area contributed by atoms with Crippen LogP contribution in [0.25, 0.3) is 10.8 Å². The number of nitrogens with zero attached hydrogens (tertiary/aromatic N) is 1. The lowest BCUT2D eigenvalue weighted by molar-refractivity contribution is -0.115. The molecule has 0 radical (unpaired) electrons. The number of rotatable bonds is 3. The van der Waals surface area contributed by atoms with Crippen molar-refractivity contribution >= 4 is 34.0 Å². The van der Waals surface area contributed by atoms with Crippen molar-refractivity contribution < 1.29 is 4.79 Å². The Morgan fingerprint density at radius 3 is 2.43 bits per heavy atom. The van der Waals surface area contributed by atoms with Gasteiger partial charge in [0.15, 0.2) is 0 Å². The molecule has 0 aliphatic rings. The van der Waals surface area contributed by atoms with Crippen LogP contribution in [0.2, 0.25) is 5.02 Å². The van der Waals surface area contributed by atoms with Gasteiger partial charge < -0.3 is 9.88 Å². The SMILES string of the molecule is Cn1cc(CC(=O)Nc2ccc(Cl)cc2)c2ccccc2c1=O. The number of aromatic nitrogens is 1. The molecule has 0 bridgehead atoms. The molecule has 0 unspecified atom stereocenters. The van der Waals surface area contributed by atoms with E-state index in [0.717, 1.165) is 10.9 Å². The number of carbonyl (C=O) groups is 1. The van der Waals surface area contributed by atoms with Gasteiger partial charge >= 0.3 is 0 Å². The molecule has 5 heteroatoms. The zero-order valence-corrected chi connectivity index (χ0v) is 13.3. The molecule has 3 aromatic rings. The summed E-state index contributed by atoms with van der Waals surface area (Å²) in [5.74, 6) is -0.142. The minimum Gasteiger partial charge on any atom is -0.326 e. The average molecular weight is 327 g/mol.